The summed E-state index contributed by atoms with van der Waals surface area (Å²) in [6, 6.07) is 0. The summed E-state index contributed by atoms with van der Waals surface area (Å²) in [5.41, 5.74) is 0. The Morgan fingerprint density at radius 3 is 2.08 bits per heavy atom. The highest BCUT2D eigenvalue weighted by atomic mass is 16.3. The molecular weight excluding hydrogens is 164 g/mol. The maximum atomic E-state index is 9.51. The number of unbranched alkanes of at least 4 members (excludes halogenated alkanes) is 1. The van der Waals surface area contributed by atoms with Crippen molar-refractivity contribution in [2.24, 2.45) is 5.92 Å². The zero-order chi connectivity index (χ0) is 10.1. The van der Waals surface area contributed by atoms with Crippen LogP contribution in [0.15, 0.2) is 0 Å². The molecule has 0 aliphatic carbocycles. The molecular formula is C11H24O2. The van der Waals surface area contributed by atoms with Gasteiger partial charge in [-0.3, -0.25) is 0 Å². The van der Waals surface area contributed by atoms with Crippen molar-refractivity contribution in [3.63, 3.8) is 0 Å². The Morgan fingerprint density at radius 2 is 1.54 bits per heavy atom. The first-order valence-corrected chi connectivity index (χ1v) is 5.45. The van der Waals surface area contributed by atoms with Gasteiger partial charge in [0.2, 0.25) is 0 Å². The largest absolute Gasteiger partial charge is 0.396 e. The van der Waals surface area contributed by atoms with Crippen molar-refractivity contribution >= 4 is 0 Å². The van der Waals surface area contributed by atoms with Crippen molar-refractivity contribution in [1.82, 2.24) is 0 Å². The van der Waals surface area contributed by atoms with Gasteiger partial charge in [-0.15, -0.1) is 0 Å². The van der Waals surface area contributed by atoms with Gasteiger partial charge in [0.1, 0.15) is 0 Å². The van der Waals surface area contributed by atoms with Crippen LogP contribution >= 0.6 is 0 Å². The van der Waals surface area contributed by atoms with Crippen LogP contribution in [0.25, 0.3) is 0 Å². The van der Waals surface area contributed by atoms with Crippen molar-refractivity contribution in [2.75, 3.05) is 6.61 Å². The molecule has 0 amide bonds. The third-order valence-electron chi connectivity index (χ3n) is 2.26. The molecule has 1 unspecified atom stereocenters. The first-order chi connectivity index (χ1) is 6.16. The quantitative estimate of drug-likeness (QED) is 0.574. The zero-order valence-corrected chi connectivity index (χ0v) is 9.00. The molecule has 0 rings (SSSR count). The van der Waals surface area contributed by atoms with Gasteiger partial charge in [0, 0.05) is 6.61 Å². The lowest BCUT2D eigenvalue weighted by atomic mass is 10.0. The molecule has 0 fully saturated rings. The molecule has 0 aromatic carbocycles. The third kappa shape index (κ3) is 9.84. The van der Waals surface area contributed by atoms with Crippen molar-refractivity contribution in [2.45, 2.75) is 58.5 Å². The Hall–Kier alpha value is -0.0800. The van der Waals surface area contributed by atoms with E-state index in [0.717, 1.165) is 38.0 Å². The normalized spacial score (nSPS) is 13.6. The van der Waals surface area contributed by atoms with E-state index in [4.69, 9.17) is 5.11 Å². The van der Waals surface area contributed by atoms with Gasteiger partial charge in [0.05, 0.1) is 6.10 Å². The van der Waals surface area contributed by atoms with Gasteiger partial charge in [0.15, 0.2) is 0 Å². The van der Waals surface area contributed by atoms with Crippen LogP contribution in [0.4, 0.5) is 0 Å². The number of rotatable bonds is 8. The van der Waals surface area contributed by atoms with Gasteiger partial charge in [-0.2, -0.15) is 0 Å². The molecule has 2 heteroatoms. The van der Waals surface area contributed by atoms with Crippen LogP contribution in [-0.2, 0) is 0 Å². The van der Waals surface area contributed by atoms with E-state index in [2.05, 4.69) is 13.8 Å². The average Bonchev–Trinajstić information content (AvgIpc) is 2.04. The van der Waals surface area contributed by atoms with Crippen molar-refractivity contribution in [3.05, 3.63) is 0 Å². The minimum absolute atomic E-state index is 0.148. The highest BCUT2D eigenvalue weighted by Crippen LogP contribution is 2.11. The SMILES string of the molecule is CC(C)CCCC(O)CCCCO. The topological polar surface area (TPSA) is 40.5 Å². The summed E-state index contributed by atoms with van der Waals surface area (Å²) in [4.78, 5) is 0. The Morgan fingerprint density at radius 1 is 0.923 bits per heavy atom. The second kappa shape index (κ2) is 8.52. The van der Waals surface area contributed by atoms with E-state index in [1.807, 2.05) is 0 Å². The maximum absolute atomic E-state index is 9.51. The molecule has 2 nitrogen and oxygen atoms in total. The van der Waals surface area contributed by atoms with E-state index in [0.29, 0.717) is 0 Å². The Labute approximate surface area is 82.0 Å². The van der Waals surface area contributed by atoms with Crippen LogP contribution in [0.2, 0.25) is 0 Å². The van der Waals surface area contributed by atoms with E-state index in [9.17, 15) is 5.11 Å². The first-order valence-electron chi connectivity index (χ1n) is 5.45. The van der Waals surface area contributed by atoms with Crippen molar-refractivity contribution in [1.29, 1.82) is 0 Å². The lowest BCUT2D eigenvalue weighted by Gasteiger charge is -2.10. The van der Waals surface area contributed by atoms with Gasteiger partial charge >= 0.3 is 0 Å². The summed E-state index contributed by atoms with van der Waals surface area (Å²) in [5, 5.41) is 18.1. The molecule has 0 aliphatic heterocycles. The smallest absolute Gasteiger partial charge is 0.0540 e. The van der Waals surface area contributed by atoms with Crippen molar-refractivity contribution < 1.29 is 10.2 Å². The first kappa shape index (κ1) is 12.9. The average molecular weight is 188 g/mol. The number of aliphatic hydroxyl groups is 2. The van der Waals surface area contributed by atoms with E-state index < -0.39 is 0 Å². The van der Waals surface area contributed by atoms with E-state index in [1.165, 1.54) is 6.42 Å². The van der Waals surface area contributed by atoms with Crippen LogP contribution in [0.1, 0.15) is 52.4 Å². The summed E-state index contributed by atoms with van der Waals surface area (Å²) in [7, 11) is 0. The predicted octanol–water partition coefficient (Wildman–Crippen LogP) is 2.34. The molecule has 80 valence electrons. The summed E-state index contributed by atoms with van der Waals surface area (Å²) in [6.07, 6.45) is 5.71. The molecule has 13 heavy (non-hydrogen) atoms. The van der Waals surface area contributed by atoms with Gasteiger partial charge in [0.25, 0.3) is 0 Å². The number of aliphatic hydroxyl groups excluding tert-OH is 2. The lowest BCUT2D eigenvalue weighted by Crippen LogP contribution is -2.07. The highest BCUT2D eigenvalue weighted by molar-refractivity contribution is 4.57. The van der Waals surface area contributed by atoms with E-state index in [1.54, 1.807) is 0 Å². The molecule has 0 radical (unpaired) electrons. The molecule has 0 spiro atoms. The molecule has 2 N–H and O–H groups in total. The molecule has 0 saturated heterocycles. The van der Waals surface area contributed by atoms with Gasteiger partial charge < -0.3 is 10.2 Å². The highest BCUT2D eigenvalue weighted by Gasteiger charge is 2.03. The molecule has 0 saturated carbocycles. The van der Waals surface area contributed by atoms with Crippen LogP contribution in [-0.4, -0.2) is 22.9 Å². The standard InChI is InChI=1S/C11H24O2/c1-10(2)6-5-8-11(13)7-3-4-9-12/h10-13H,3-9H2,1-2H3. The van der Waals surface area contributed by atoms with Gasteiger partial charge in [-0.05, 0) is 31.6 Å². The van der Waals surface area contributed by atoms with Crippen LogP contribution in [0, 0.1) is 5.92 Å². The van der Waals surface area contributed by atoms with E-state index in [-0.39, 0.29) is 12.7 Å². The zero-order valence-electron chi connectivity index (χ0n) is 9.00. The van der Waals surface area contributed by atoms with Gasteiger partial charge in [-0.1, -0.05) is 26.7 Å². The summed E-state index contributed by atoms with van der Waals surface area (Å²) in [6.45, 7) is 4.66. The molecule has 0 aromatic rings. The fourth-order valence-electron chi connectivity index (χ4n) is 1.40. The molecule has 1 atom stereocenters. The number of hydrogen-bond donors (Lipinski definition) is 2. The second-order valence-electron chi connectivity index (χ2n) is 4.20. The van der Waals surface area contributed by atoms with Gasteiger partial charge in [-0.25, -0.2) is 0 Å². The second-order valence-corrected chi connectivity index (χ2v) is 4.20. The molecule has 0 aromatic heterocycles. The monoisotopic (exact) mass is 188 g/mol. The lowest BCUT2D eigenvalue weighted by molar-refractivity contribution is 0.143. The molecule has 0 heterocycles. The fourth-order valence-corrected chi connectivity index (χ4v) is 1.40. The minimum atomic E-state index is -0.148. The van der Waals surface area contributed by atoms with Crippen LogP contribution < -0.4 is 0 Å². The molecule has 0 aliphatic rings. The fraction of sp³-hybridized carbons (Fsp3) is 1.00. The van der Waals surface area contributed by atoms with Crippen LogP contribution in [0.3, 0.4) is 0 Å². The summed E-state index contributed by atoms with van der Waals surface area (Å²) >= 11 is 0. The summed E-state index contributed by atoms with van der Waals surface area (Å²) in [5.74, 6) is 0.740. The third-order valence-corrected chi connectivity index (χ3v) is 2.26. The maximum Gasteiger partial charge on any atom is 0.0540 e. The predicted molar refractivity (Wildman–Crippen MR) is 55.6 cm³/mol. The van der Waals surface area contributed by atoms with E-state index >= 15 is 0 Å². The number of hydrogen-bond acceptors (Lipinski definition) is 2. The Balaban J connectivity index is 3.15. The molecule has 0 bridgehead atoms. The minimum Gasteiger partial charge on any atom is -0.396 e. The Bertz CT molecular complexity index is 102. The summed E-state index contributed by atoms with van der Waals surface area (Å²) < 4.78 is 0. The Kier molecular flexibility index (Phi) is 8.46. The van der Waals surface area contributed by atoms with Crippen LogP contribution in [0.5, 0.6) is 0 Å². The van der Waals surface area contributed by atoms with Crippen molar-refractivity contribution in [3.8, 4) is 0 Å².